The van der Waals surface area contributed by atoms with Gasteiger partial charge in [0, 0.05) is 23.9 Å². The zero-order valence-corrected chi connectivity index (χ0v) is 11.9. The third-order valence-corrected chi connectivity index (χ3v) is 3.54. The lowest BCUT2D eigenvalue weighted by Crippen LogP contribution is -2.26. The summed E-state index contributed by atoms with van der Waals surface area (Å²) in [5, 5.41) is 4.18. The molecule has 2 aromatic rings. The van der Waals surface area contributed by atoms with Crippen LogP contribution < -0.4 is 11.3 Å². The van der Waals surface area contributed by atoms with Crippen molar-refractivity contribution in [3.05, 3.63) is 39.6 Å². The number of nitrogens with two attached hydrogens (primary N) is 1. The number of nitrogens with zero attached hydrogens (tertiary/aromatic N) is 3. The molecule has 1 amide bonds. The maximum Gasteiger partial charge on any atom is 0.271 e. The standard InChI is InChI=1S/C12H14N4O3S/c1-7-5-14-12(20-2)16(11(7)18)4-3-8-6-19-15-9(8)10(13)17/h5-6H,3-4H2,1-2H3,(H2,13,17). The Morgan fingerprint density at radius 2 is 2.30 bits per heavy atom. The summed E-state index contributed by atoms with van der Waals surface area (Å²) in [5.41, 5.74) is 6.35. The molecule has 2 aromatic heterocycles. The second kappa shape index (κ2) is 5.91. The van der Waals surface area contributed by atoms with Crippen LogP contribution in [0.3, 0.4) is 0 Å². The smallest absolute Gasteiger partial charge is 0.271 e. The first kappa shape index (κ1) is 14.3. The Bertz CT molecular complexity index is 692. The van der Waals surface area contributed by atoms with E-state index in [0.29, 0.717) is 29.2 Å². The number of carbonyl (C=O) groups is 1. The van der Waals surface area contributed by atoms with Crippen molar-refractivity contribution in [2.24, 2.45) is 5.73 Å². The van der Waals surface area contributed by atoms with Gasteiger partial charge in [-0.25, -0.2) is 4.98 Å². The molecule has 2 heterocycles. The lowest BCUT2D eigenvalue weighted by Gasteiger charge is -2.10. The van der Waals surface area contributed by atoms with E-state index in [9.17, 15) is 9.59 Å². The van der Waals surface area contributed by atoms with Crippen molar-refractivity contribution in [3.8, 4) is 0 Å². The molecule has 0 aromatic carbocycles. The molecule has 0 atom stereocenters. The van der Waals surface area contributed by atoms with Crippen LogP contribution in [0.4, 0.5) is 0 Å². The van der Waals surface area contributed by atoms with Crippen molar-refractivity contribution < 1.29 is 9.32 Å². The van der Waals surface area contributed by atoms with Crippen LogP contribution in [0.15, 0.2) is 26.9 Å². The molecule has 0 aliphatic rings. The fourth-order valence-corrected chi connectivity index (χ4v) is 2.36. The highest BCUT2D eigenvalue weighted by atomic mass is 32.2. The van der Waals surface area contributed by atoms with E-state index in [4.69, 9.17) is 10.3 Å². The molecular weight excluding hydrogens is 280 g/mol. The van der Waals surface area contributed by atoms with Gasteiger partial charge in [-0.05, 0) is 19.6 Å². The van der Waals surface area contributed by atoms with E-state index >= 15 is 0 Å². The molecule has 0 spiro atoms. The van der Waals surface area contributed by atoms with E-state index in [1.54, 1.807) is 17.7 Å². The van der Waals surface area contributed by atoms with Gasteiger partial charge in [0.05, 0.1) is 0 Å². The van der Waals surface area contributed by atoms with E-state index in [1.165, 1.54) is 18.0 Å². The van der Waals surface area contributed by atoms with Crippen LogP contribution >= 0.6 is 11.8 Å². The highest BCUT2D eigenvalue weighted by molar-refractivity contribution is 7.98. The van der Waals surface area contributed by atoms with Crippen molar-refractivity contribution in [1.29, 1.82) is 0 Å². The zero-order valence-electron chi connectivity index (χ0n) is 11.1. The Labute approximate surface area is 119 Å². The van der Waals surface area contributed by atoms with Crippen LogP contribution in [0.2, 0.25) is 0 Å². The summed E-state index contributed by atoms with van der Waals surface area (Å²) in [4.78, 5) is 27.5. The molecule has 0 radical (unpaired) electrons. The minimum Gasteiger partial charge on any atom is -0.364 e. The molecular formula is C12H14N4O3S. The summed E-state index contributed by atoms with van der Waals surface area (Å²) < 4.78 is 6.31. The first-order valence-corrected chi connectivity index (χ1v) is 7.10. The van der Waals surface area contributed by atoms with Crippen LogP contribution in [0.5, 0.6) is 0 Å². The topological polar surface area (TPSA) is 104 Å². The van der Waals surface area contributed by atoms with E-state index in [-0.39, 0.29) is 11.3 Å². The lowest BCUT2D eigenvalue weighted by atomic mass is 10.2. The average Bonchev–Trinajstić information content (AvgIpc) is 2.89. The Morgan fingerprint density at radius 3 is 2.95 bits per heavy atom. The number of carbonyl (C=O) groups excluding carboxylic acids is 1. The molecule has 20 heavy (non-hydrogen) atoms. The van der Waals surface area contributed by atoms with Crippen molar-refractivity contribution in [2.75, 3.05) is 6.26 Å². The van der Waals surface area contributed by atoms with E-state index in [2.05, 4.69) is 10.1 Å². The van der Waals surface area contributed by atoms with Crippen LogP contribution in [0, 0.1) is 6.92 Å². The fourth-order valence-electron chi connectivity index (χ4n) is 1.81. The maximum absolute atomic E-state index is 12.1. The average molecular weight is 294 g/mol. The first-order chi connectivity index (χ1) is 9.54. The van der Waals surface area contributed by atoms with Gasteiger partial charge in [0.25, 0.3) is 11.5 Å². The largest absolute Gasteiger partial charge is 0.364 e. The Hall–Kier alpha value is -2.09. The predicted molar refractivity (Wildman–Crippen MR) is 73.7 cm³/mol. The monoisotopic (exact) mass is 294 g/mol. The van der Waals surface area contributed by atoms with E-state index in [0.717, 1.165) is 0 Å². The molecule has 0 unspecified atom stereocenters. The van der Waals surface area contributed by atoms with Gasteiger partial charge in [-0.1, -0.05) is 16.9 Å². The third kappa shape index (κ3) is 2.74. The molecule has 0 saturated heterocycles. The molecule has 106 valence electrons. The van der Waals surface area contributed by atoms with Crippen molar-refractivity contribution in [1.82, 2.24) is 14.7 Å². The second-order valence-corrected chi connectivity index (χ2v) is 4.96. The van der Waals surface area contributed by atoms with Crippen LogP contribution in [0.25, 0.3) is 0 Å². The number of hydrogen-bond acceptors (Lipinski definition) is 6. The number of primary amides is 1. The molecule has 0 fully saturated rings. The van der Waals surface area contributed by atoms with E-state index in [1.807, 2.05) is 6.26 Å². The highest BCUT2D eigenvalue weighted by Gasteiger charge is 2.14. The minimum absolute atomic E-state index is 0.0959. The number of aromatic nitrogens is 3. The highest BCUT2D eigenvalue weighted by Crippen LogP contribution is 2.12. The van der Waals surface area contributed by atoms with Crippen molar-refractivity contribution in [3.63, 3.8) is 0 Å². The van der Waals surface area contributed by atoms with Gasteiger partial charge >= 0.3 is 0 Å². The summed E-state index contributed by atoms with van der Waals surface area (Å²) in [6.07, 6.45) is 5.19. The number of aryl methyl sites for hydroxylation is 2. The van der Waals surface area contributed by atoms with Gasteiger partial charge in [0.1, 0.15) is 6.26 Å². The first-order valence-electron chi connectivity index (χ1n) is 5.88. The summed E-state index contributed by atoms with van der Waals surface area (Å²) in [7, 11) is 0. The molecule has 2 N–H and O–H groups in total. The van der Waals surface area contributed by atoms with Gasteiger partial charge in [-0.2, -0.15) is 0 Å². The molecule has 0 saturated carbocycles. The fraction of sp³-hybridized carbons (Fsp3) is 0.333. The molecule has 2 rings (SSSR count). The lowest BCUT2D eigenvalue weighted by molar-refractivity contribution is 0.0991. The summed E-state index contributed by atoms with van der Waals surface area (Å²) in [5.74, 6) is -0.645. The second-order valence-electron chi connectivity index (χ2n) is 4.19. The number of hydrogen-bond donors (Lipinski definition) is 1. The van der Waals surface area contributed by atoms with Crippen molar-refractivity contribution in [2.45, 2.75) is 25.0 Å². The molecule has 8 heteroatoms. The van der Waals surface area contributed by atoms with Crippen LogP contribution in [-0.2, 0) is 13.0 Å². The molecule has 7 nitrogen and oxygen atoms in total. The normalized spacial score (nSPS) is 10.7. The van der Waals surface area contributed by atoms with Gasteiger partial charge in [0.15, 0.2) is 10.9 Å². The Kier molecular flexibility index (Phi) is 4.23. The maximum atomic E-state index is 12.1. The van der Waals surface area contributed by atoms with Gasteiger partial charge in [0.2, 0.25) is 0 Å². The summed E-state index contributed by atoms with van der Waals surface area (Å²) >= 11 is 1.39. The number of rotatable bonds is 5. The Morgan fingerprint density at radius 1 is 1.55 bits per heavy atom. The van der Waals surface area contributed by atoms with Gasteiger partial charge in [-0.3, -0.25) is 14.2 Å². The molecule has 0 aliphatic carbocycles. The van der Waals surface area contributed by atoms with Crippen molar-refractivity contribution >= 4 is 17.7 Å². The van der Waals surface area contributed by atoms with E-state index < -0.39 is 5.91 Å². The zero-order chi connectivity index (χ0) is 14.7. The Balaban J connectivity index is 2.27. The third-order valence-electron chi connectivity index (χ3n) is 2.85. The quantitative estimate of drug-likeness (QED) is 0.639. The minimum atomic E-state index is -0.645. The number of thioether (sulfide) groups is 1. The number of amides is 1. The molecule has 0 bridgehead atoms. The van der Waals surface area contributed by atoms with Gasteiger partial charge < -0.3 is 10.3 Å². The summed E-state index contributed by atoms with van der Waals surface area (Å²) in [6.45, 7) is 2.09. The summed E-state index contributed by atoms with van der Waals surface area (Å²) in [6, 6.07) is 0. The molecule has 0 aliphatic heterocycles. The SMILES string of the molecule is CSc1ncc(C)c(=O)n1CCc1conc1C(N)=O. The van der Waals surface area contributed by atoms with Crippen LogP contribution in [0.1, 0.15) is 21.6 Å². The van der Waals surface area contributed by atoms with Crippen LogP contribution in [-0.4, -0.2) is 26.9 Å². The predicted octanol–water partition coefficient (Wildman–Crippen LogP) is 0.603. The van der Waals surface area contributed by atoms with Gasteiger partial charge in [-0.15, -0.1) is 0 Å².